The second-order valence-electron chi connectivity index (χ2n) is 5.24. The minimum atomic E-state index is 0.403. The number of anilines is 1. The Morgan fingerprint density at radius 3 is 2.61 bits per heavy atom. The maximum Gasteiger partial charge on any atom is 0.237 e. The lowest BCUT2D eigenvalue weighted by Crippen LogP contribution is -1.98. The van der Waals surface area contributed by atoms with Crippen molar-refractivity contribution in [3.63, 3.8) is 0 Å². The number of nitrogens with zero attached hydrogens (tertiary/aromatic N) is 4. The number of rotatable bonds is 6. The molecule has 6 nitrogen and oxygen atoms in total. The molecule has 0 aliphatic heterocycles. The van der Waals surface area contributed by atoms with Crippen molar-refractivity contribution in [2.75, 3.05) is 5.32 Å². The SMILES string of the molecule is CC(C)c1nnc(NCc2ccc(Oc3cnccn3)cc2)s1. The van der Waals surface area contributed by atoms with Gasteiger partial charge in [-0.1, -0.05) is 37.3 Å². The van der Waals surface area contributed by atoms with E-state index < -0.39 is 0 Å². The zero-order valence-electron chi connectivity index (χ0n) is 12.9. The molecule has 0 atom stereocenters. The maximum absolute atomic E-state index is 5.61. The van der Waals surface area contributed by atoms with Gasteiger partial charge < -0.3 is 10.1 Å². The van der Waals surface area contributed by atoms with Crippen LogP contribution in [0.3, 0.4) is 0 Å². The third kappa shape index (κ3) is 4.23. The normalized spacial score (nSPS) is 10.7. The predicted octanol–water partition coefficient (Wildman–Crippen LogP) is 3.86. The fraction of sp³-hybridized carbons (Fsp3) is 0.250. The summed E-state index contributed by atoms with van der Waals surface area (Å²) in [6.45, 7) is 4.92. The van der Waals surface area contributed by atoms with Crippen molar-refractivity contribution in [3.8, 4) is 11.6 Å². The average molecular weight is 327 g/mol. The summed E-state index contributed by atoms with van der Waals surface area (Å²) in [4.78, 5) is 8.04. The zero-order chi connectivity index (χ0) is 16.1. The highest BCUT2D eigenvalue weighted by Crippen LogP contribution is 2.23. The molecule has 0 aliphatic rings. The van der Waals surface area contributed by atoms with E-state index in [1.807, 2.05) is 24.3 Å². The first-order valence-corrected chi connectivity index (χ1v) is 8.12. The Morgan fingerprint density at radius 1 is 1.13 bits per heavy atom. The molecule has 0 radical (unpaired) electrons. The number of hydrogen-bond donors (Lipinski definition) is 1. The molecule has 2 heterocycles. The van der Waals surface area contributed by atoms with Crippen molar-refractivity contribution in [3.05, 3.63) is 53.4 Å². The van der Waals surface area contributed by atoms with Crippen molar-refractivity contribution in [2.45, 2.75) is 26.3 Å². The number of hydrogen-bond acceptors (Lipinski definition) is 7. The Kier molecular flexibility index (Phi) is 4.77. The molecule has 0 amide bonds. The first-order chi connectivity index (χ1) is 11.2. The van der Waals surface area contributed by atoms with E-state index in [4.69, 9.17) is 4.74 Å². The summed E-state index contributed by atoms with van der Waals surface area (Å²) >= 11 is 1.59. The van der Waals surface area contributed by atoms with Crippen molar-refractivity contribution in [1.82, 2.24) is 20.2 Å². The summed E-state index contributed by atoms with van der Waals surface area (Å²) in [6, 6.07) is 7.82. The molecular formula is C16H17N5OS. The molecule has 0 spiro atoms. The maximum atomic E-state index is 5.61. The summed E-state index contributed by atoms with van der Waals surface area (Å²) in [5, 5.41) is 13.5. The molecule has 1 N–H and O–H groups in total. The van der Waals surface area contributed by atoms with Gasteiger partial charge in [0.15, 0.2) is 0 Å². The number of nitrogens with one attached hydrogen (secondary N) is 1. The molecule has 0 bridgehead atoms. The topological polar surface area (TPSA) is 72.8 Å². The summed E-state index contributed by atoms with van der Waals surface area (Å²) in [5.41, 5.74) is 1.14. The molecule has 3 aromatic rings. The highest BCUT2D eigenvalue weighted by atomic mass is 32.1. The lowest BCUT2D eigenvalue weighted by Gasteiger charge is -2.06. The van der Waals surface area contributed by atoms with Gasteiger partial charge >= 0.3 is 0 Å². The van der Waals surface area contributed by atoms with Gasteiger partial charge in [-0.3, -0.25) is 4.98 Å². The third-order valence-corrected chi connectivity index (χ3v) is 4.25. The largest absolute Gasteiger partial charge is 0.438 e. The Hall–Kier alpha value is -2.54. The Morgan fingerprint density at radius 2 is 1.96 bits per heavy atom. The summed E-state index contributed by atoms with van der Waals surface area (Å²) in [5.74, 6) is 1.61. The zero-order valence-corrected chi connectivity index (χ0v) is 13.7. The molecule has 1 aromatic carbocycles. The highest BCUT2D eigenvalue weighted by Gasteiger charge is 2.07. The Bertz CT molecular complexity index is 743. The van der Waals surface area contributed by atoms with Gasteiger partial charge in [0.1, 0.15) is 10.8 Å². The van der Waals surface area contributed by atoms with Crippen LogP contribution in [0.1, 0.15) is 30.3 Å². The second kappa shape index (κ2) is 7.15. The number of aromatic nitrogens is 4. The van der Waals surface area contributed by atoms with Gasteiger partial charge in [-0.2, -0.15) is 0 Å². The molecule has 3 rings (SSSR count). The third-order valence-electron chi connectivity index (χ3n) is 3.06. The van der Waals surface area contributed by atoms with Crippen molar-refractivity contribution >= 4 is 16.5 Å². The van der Waals surface area contributed by atoms with Gasteiger partial charge in [0.05, 0.1) is 6.20 Å². The lowest BCUT2D eigenvalue weighted by molar-refractivity contribution is 0.460. The quantitative estimate of drug-likeness (QED) is 0.741. The fourth-order valence-corrected chi connectivity index (χ4v) is 2.59. The molecule has 0 saturated carbocycles. The summed E-state index contributed by atoms with van der Waals surface area (Å²) < 4.78 is 5.61. The van der Waals surface area contributed by atoms with E-state index in [0.717, 1.165) is 21.5 Å². The minimum Gasteiger partial charge on any atom is -0.438 e. The molecule has 0 saturated heterocycles. The Balaban J connectivity index is 1.56. The van der Waals surface area contributed by atoms with Gasteiger partial charge in [-0.15, -0.1) is 10.2 Å². The van der Waals surface area contributed by atoms with E-state index >= 15 is 0 Å². The van der Waals surface area contributed by atoms with Crippen molar-refractivity contribution in [2.24, 2.45) is 0 Å². The van der Waals surface area contributed by atoms with Crippen LogP contribution in [0.2, 0.25) is 0 Å². The van der Waals surface area contributed by atoms with Gasteiger partial charge in [0.2, 0.25) is 11.0 Å². The number of benzene rings is 1. The van der Waals surface area contributed by atoms with Crippen LogP contribution in [-0.2, 0) is 6.54 Å². The smallest absolute Gasteiger partial charge is 0.237 e. The van der Waals surface area contributed by atoms with E-state index in [1.54, 1.807) is 29.9 Å². The van der Waals surface area contributed by atoms with Crippen LogP contribution in [0.4, 0.5) is 5.13 Å². The molecule has 118 valence electrons. The van der Waals surface area contributed by atoms with E-state index in [1.165, 1.54) is 0 Å². The molecule has 7 heteroatoms. The first-order valence-electron chi connectivity index (χ1n) is 7.31. The van der Waals surface area contributed by atoms with Gasteiger partial charge in [-0.05, 0) is 17.7 Å². The van der Waals surface area contributed by atoms with E-state index in [-0.39, 0.29) is 0 Å². The first kappa shape index (κ1) is 15.4. The van der Waals surface area contributed by atoms with Crippen molar-refractivity contribution in [1.29, 1.82) is 0 Å². The lowest BCUT2D eigenvalue weighted by atomic mass is 10.2. The van der Waals surface area contributed by atoms with Crippen LogP contribution in [0.5, 0.6) is 11.6 Å². The second-order valence-corrected chi connectivity index (χ2v) is 6.25. The summed E-state index contributed by atoms with van der Waals surface area (Å²) in [7, 11) is 0. The monoisotopic (exact) mass is 327 g/mol. The van der Waals surface area contributed by atoms with Crippen LogP contribution in [0.25, 0.3) is 0 Å². The average Bonchev–Trinajstić information content (AvgIpc) is 3.04. The Labute approximate surface area is 138 Å². The van der Waals surface area contributed by atoms with Crippen LogP contribution < -0.4 is 10.1 Å². The number of ether oxygens (including phenoxy) is 1. The van der Waals surface area contributed by atoms with Gasteiger partial charge in [0, 0.05) is 24.9 Å². The fourth-order valence-electron chi connectivity index (χ4n) is 1.85. The van der Waals surface area contributed by atoms with Crippen LogP contribution in [0, 0.1) is 0 Å². The predicted molar refractivity (Wildman–Crippen MR) is 89.9 cm³/mol. The van der Waals surface area contributed by atoms with Gasteiger partial charge in [-0.25, -0.2) is 4.98 Å². The molecule has 0 fully saturated rings. The van der Waals surface area contributed by atoms with Gasteiger partial charge in [0.25, 0.3) is 0 Å². The van der Waals surface area contributed by atoms with Crippen molar-refractivity contribution < 1.29 is 4.74 Å². The molecule has 0 unspecified atom stereocenters. The summed E-state index contributed by atoms with van der Waals surface area (Å²) in [6.07, 6.45) is 4.79. The van der Waals surface area contributed by atoms with Crippen LogP contribution in [0.15, 0.2) is 42.9 Å². The van der Waals surface area contributed by atoms with Crippen LogP contribution in [-0.4, -0.2) is 20.2 Å². The van der Waals surface area contributed by atoms with Crippen LogP contribution >= 0.6 is 11.3 Å². The molecule has 0 aliphatic carbocycles. The molecule has 23 heavy (non-hydrogen) atoms. The standard InChI is InChI=1S/C16H17N5OS/c1-11(2)15-20-21-16(23-15)19-9-12-3-5-13(6-4-12)22-14-10-17-7-8-18-14/h3-8,10-11H,9H2,1-2H3,(H,19,21). The highest BCUT2D eigenvalue weighted by molar-refractivity contribution is 7.15. The van der Waals surface area contributed by atoms with E-state index in [2.05, 4.69) is 39.3 Å². The minimum absolute atomic E-state index is 0.403. The molecular weight excluding hydrogens is 310 g/mol. The van der Waals surface area contributed by atoms with E-state index in [9.17, 15) is 0 Å². The molecule has 2 aromatic heterocycles. The van der Waals surface area contributed by atoms with E-state index in [0.29, 0.717) is 18.3 Å².